The number of nitrogens with zero attached hydrogens (tertiary/aromatic N) is 1. The molecule has 18 heavy (non-hydrogen) atoms. The van der Waals surface area contributed by atoms with Crippen molar-refractivity contribution in [1.29, 1.82) is 0 Å². The largest absolute Gasteiger partial charge is 0.396 e. The van der Waals surface area contributed by atoms with E-state index in [4.69, 9.17) is 0 Å². The minimum atomic E-state index is -0.0981. The molecule has 1 aliphatic carbocycles. The molecular weight excluding hydrogens is 228 g/mol. The maximum Gasteiger partial charge on any atom is 0.267 e. The number of nitrogens with one attached hydrogen (secondary N) is 1. The maximum absolute atomic E-state index is 12.0. The second-order valence-corrected chi connectivity index (χ2v) is 5.41. The van der Waals surface area contributed by atoms with Gasteiger partial charge in [0.2, 0.25) is 0 Å². The van der Waals surface area contributed by atoms with E-state index < -0.39 is 0 Å². The van der Waals surface area contributed by atoms with E-state index in [1.807, 2.05) is 29.9 Å². The number of amides is 1. The van der Waals surface area contributed by atoms with E-state index in [1.165, 1.54) is 6.42 Å². The SMILES string of the molecule is Cn1cccc1C(=O)NCC1(CO)CCCCC1. The van der Waals surface area contributed by atoms with Gasteiger partial charge in [0.1, 0.15) is 5.69 Å². The Labute approximate surface area is 108 Å². The predicted molar refractivity (Wildman–Crippen MR) is 70.4 cm³/mol. The summed E-state index contributed by atoms with van der Waals surface area (Å²) in [7, 11) is 1.86. The van der Waals surface area contributed by atoms with Gasteiger partial charge in [0.25, 0.3) is 5.91 Å². The topological polar surface area (TPSA) is 54.3 Å². The Morgan fingerprint density at radius 2 is 2.17 bits per heavy atom. The van der Waals surface area contributed by atoms with Crippen molar-refractivity contribution in [1.82, 2.24) is 9.88 Å². The lowest BCUT2D eigenvalue weighted by Gasteiger charge is -2.35. The highest BCUT2D eigenvalue weighted by Gasteiger charge is 2.31. The van der Waals surface area contributed by atoms with Crippen LogP contribution in [-0.4, -0.2) is 28.7 Å². The lowest BCUT2D eigenvalue weighted by atomic mass is 9.74. The summed E-state index contributed by atoms with van der Waals surface area (Å²) in [5.41, 5.74) is 0.568. The van der Waals surface area contributed by atoms with Gasteiger partial charge in [-0.2, -0.15) is 0 Å². The summed E-state index contributed by atoms with van der Waals surface area (Å²) in [5, 5.41) is 12.6. The Balaban J connectivity index is 1.94. The fraction of sp³-hybridized carbons (Fsp3) is 0.643. The first-order valence-corrected chi connectivity index (χ1v) is 6.67. The first-order valence-electron chi connectivity index (χ1n) is 6.67. The van der Waals surface area contributed by atoms with Crippen LogP contribution in [0.3, 0.4) is 0 Å². The van der Waals surface area contributed by atoms with Crippen molar-refractivity contribution in [3.8, 4) is 0 Å². The fourth-order valence-electron chi connectivity index (χ4n) is 2.75. The molecule has 0 aromatic carbocycles. The van der Waals surface area contributed by atoms with Crippen molar-refractivity contribution in [2.45, 2.75) is 32.1 Å². The smallest absolute Gasteiger partial charge is 0.267 e. The molecule has 0 spiro atoms. The van der Waals surface area contributed by atoms with Gasteiger partial charge in [-0.1, -0.05) is 19.3 Å². The number of rotatable bonds is 4. The number of hydrogen-bond acceptors (Lipinski definition) is 2. The van der Waals surface area contributed by atoms with Gasteiger partial charge in [0.05, 0.1) is 6.61 Å². The van der Waals surface area contributed by atoms with Gasteiger partial charge in [-0.05, 0) is 25.0 Å². The molecule has 1 aliphatic rings. The van der Waals surface area contributed by atoms with E-state index >= 15 is 0 Å². The van der Waals surface area contributed by atoms with E-state index in [0.29, 0.717) is 12.2 Å². The molecule has 4 nitrogen and oxygen atoms in total. The monoisotopic (exact) mass is 250 g/mol. The van der Waals surface area contributed by atoms with Crippen LogP contribution in [0.1, 0.15) is 42.6 Å². The molecule has 100 valence electrons. The molecule has 0 unspecified atom stereocenters. The molecule has 0 atom stereocenters. The van der Waals surface area contributed by atoms with Crippen LogP contribution in [0.15, 0.2) is 18.3 Å². The number of aryl methyl sites for hydroxylation is 1. The van der Waals surface area contributed by atoms with Gasteiger partial charge in [-0.3, -0.25) is 4.79 Å². The molecular formula is C14H22N2O2. The standard InChI is InChI=1S/C14H22N2O2/c1-16-9-5-6-12(16)13(18)15-10-14(11-17)7-3-2-4-8-14/h5-6,9,17H,2-4,7-8,10-11H2,1H3,(H,15,18). The number of aliphatic hydroxyl groups excluding tert-OH is 1. The first kappa shape index (κ1) is 13.1. The number of hydrogen-bond donors (Lipinski definition) is 2. The summed E-state index contributed by atoms with van der Waals surface area (Å²) in [4.78, 5) is 12.0. The van der Waals surface area contributed by atoms with Crippen LogP contribution < -0.4 is 5.32 Å². The van der Waals surface area contributed by atoms with Crippen molar-refractivity contribution < 1.29 is 9.90 Å². The van der Waals surface area contributed by atoms with Gasteiger partial charge >= 0.3 is 0 Å². The van der Waals surface area contributed by atoms with Crippen LogP contribution in [0, 0.1) is 5.41 Å². The normalized spacial score (nSPS) is 18.6. The number of aliphatic hydroxyl groups is 1. The molecule has 2 rings (SSSR count). The summed E-state index contributed by atoms with van der Waals surface area (Å²) < 4.78 is 1.81. The lowest BCUT2D eigenvalue weighted by molar-refractivity contribution is 0.0714. The fourth-order valence-corrected chi connectivity index (χ4v) is 2.75. The first-order chi connectivity index (χ1) is 8.67. The van der Waals surface area contributed by atoms with Gasteiger partial charge in [-0.25, -0.2) is 0 Å². The van der Waals surface area contributed by atoms with E-state index in [2.05, 4.69) is 5.32 Å². The molecule has 1 aromatic rings. The summed E-state index contributed by atoms with van der Waals surface area (Å²) in [6, 6.07) is 3.67. The van der Waals surface area contributed by atoms with Gasteiger partial charge in [-0.15, -0.1) is 0 Å². The zero-order valence-electron chi connectivity index (χ0n) is 11.0. The van der Waals surface area contributed by atoms with Crippen molar-refractivity contribution in [2.24, 2.45) is 12.5 Å². The van der Waals surface area contributed by atoms with Crippen LogP contribution in [0.2, 0.25) is 0 Å². The summed E-state index contributed by atoms with van der Waals surface area (Å²) in [6.07, 6.45) is 7.43. The molecule has 0 radical (unpaired) electrons. The third-order valence-electron chi connectivity index (χ3n) is 4.05. The van der Waals surface area contributed by atoms with Crippen molar-refractivity contribution in [3.63, 3.8) is 0 Å². The average molecular weight is 250 g/mol. The third-order valence-corrected chi connectivity index (χ3v) is 4.05. The molecule has 1 heterocycles. The highest BCUT2D eigenvalue weighted by molar-refractivity contribution is 5.92. The van der Waals surface area contributed by atoms with Gasteiger partial charge in [0.15, 0.2) is 0 Å². The molecule has 0 aliphatic heterocycles. The van der Waals surface area contributed by atoms with Gasteiger partial charge < -0.3 is 15.0 Å². The second kappa shape index (κ2) is 5.57. The average Bonchev–Trinajstić information content (AvgIpc) is 2.83. The van der Waals surface area contributed by atoms with Crippen molar-refractivity contribution in [3.05, 3.63) is 24.0 Å². The molecule has 4 heteroatoms. The molecule has 1 amide bonds. The van der Waals surface area contributed by atoms with E-state index in [1.54, 1.807) is 0 Å². The Morgan fingerprint density at radius 3 is 2.72 bits per heavy atom. The zero-order chi connectivity index (χ0) is 13.0. The molecule has 0 saturated heterocycles. The third kappa shape index (κ3) is 2.75. The van der Waals surface area contributed by atoms with Crippen LogP contribution in [0.25, 0.3) is 0 Å². The highest BCUT2D eigenvalue weighted by Crippen LogP contribution is 2.35. The highest BCUT2D eigenvalue weighted by atomic mass is 16.3. The number of aromatic nitrogens is 1. The second-order valence-electron chi connectivity index (χ2n) is 5.41. The van der Waals surface area contributed by atoms with E-state index in [0.717, 1.165) is 25.7 Å². The molecule has 1 saturated carbocycles. The zero-order valence-corrected chi connectivity index (χ0v) is 11.0. The summed E-state index contributed by atoms with van der Waals surface area (Å²) in [5.74, 6) is -0.0547. The molecule has 1 aromatic heterocycles. The number of carbonyl (C=O) groups excluding carboxylic acids is 1. The van der Waals surface area contributed by atoms with Crippen molar-refractivity contribution >= 4 is 5.91 Å². The van der Waals surface area contributed by atoms with Crippen LogP contribution in [0.4, 0.5) is 0 Å². The van der Waals surface area contributed by atoms with E-state index in [-0.39, 0.29) is 17.9 Å². The van der Waals surface area contributed by atoms with Crippen LogP contribution >= 0.6 is 0 Å². The Bertz CT molecular complexity index is 406. The Morgan fingerprint density at radius 1 is 1.44 bits per heavy atom. The van der Waals surface area contributed by atoms with E-state index in [9.17, 15) is 9.90 Å². The Kier molecular flexibility index (Phi) is 4.07. The minimum absolute atomic E-state index is 0.0547. The lowest BCUT2D eigenvalue weighted by Crippen LogP contribution is -2.41. The number of carbonyl (C=O) groups is 1. The maximum atomic E-state index is 12.0. The van der Waals surface area contributed by atoms with Crippen molar-refractivity contribution in [2.75, 3.05) is 13.2 Å². The van der Waals surface area contributed by atoms with Gasteiger partial charge in [0, 0.05) is 25.2 Å². The predicted octanol–water partition coefficient (Wildman–Crippen LogP) is 1.70. The molecule has 0 bridgehead atoms. The van der Waals surface area contributed by atoms with Crippen LogP contribution in [0.5, 0.6) is 0 Å². The molecule has 2 N–H and O–H groups in total. The summed E-state index contributed by atoms with van der Waals surface area (Å²) in [6.45, 7) is 0.744. The molecule has 1 fully saturated rings. The Hall–Kier alpha value is -1.29. The minimum Gasteiger partial charge on any atom is -0.396 e. The summed E-state index contributed by atoms with van der Waals surface area (Å²) >= 11 is 0. The van der Waals surface area contributed by atoms with Crippen LogP contribution in [-0.2, 0) is 7.05 Å². The quantitative estimate of drug-likeness (QED) is 0.854.